The van der Waals surface area contributed by atoms with Crippen LogP contribution in [0.25, 0.3) is 33.5 Å². The number of fused-ring (bicyclic) bond motifs is 3. The van der Waals surface area contributed by atoms with Gasteiger partial charge in [-0.15, -0.1) is 12.4 Å². The van der Waals surface area contributed by atoms with E-state index < -0.39 is 0 Å². The molecule has 0 unspecified atom stereocenters. The minimum atomic E-state index is 0. The van der Waals surface area contributed by atoms with Crippen molar-refractivity contribution in [2.75, 3.05) is 5.32 Å². The third kappa shape index (κ3) is 3.37. The van der Waals surface area contributed by atoms with Gasteiger partial charge in [-0.05, 0) is 25.0 Å². The highest BCUT2D eigenvalue weighted by atomic mass is 35.5. The molecular formula is C22H22ClN3O. The maximum Gasteiger partial charge on any atom is 0.196 e. The molecule has 0 bridgehead atoms. The highest BCUT2D eigenvalue weighted by molar-refractivity contribution is 6.06. The highest BCUT2D eigenvalue weighted by Crippen LogP contribution is 2.34. The molecule has 5 rings (SSSR count). The Morgan fingerprint density at radius 3 is 2.41 bits per heavy atom. The first-order valence-electron chi connectivity index (χ1n) is 9.40. The van der Waals surface area contributed by atoms with Crippen molar-refractivity contribution in [2.45, 2.75) is 38.1 Å². The van der Waals surface area contributed by atoms with Crippen molar-refractivity contribution in [2.24, 2.45) is 0 Å². The molecular weight excluding hydrogens is 358 g/mol. The molecule has 2 heterocycles. The smallest absolute Gasteiger partial charge is 0.196 e. The van der Waals surface area contributed by atoms with Gasteiger partial charge in [0.15, 0.2) is 17.2 Å². The normalized spacial score (nSPS) is 15.0. The Bertz CT molecular complexity index is 1060. The van der Waals surface area contributed by atoms with Crippen molar-refractivity contribution >= 4 is 40.3 Å². The van der Waals surface area contributed by atoms with E-state index in [0.29, 0.717) is 6.04 Å². The predicted molar refractivity (Wildman–Crippen MR) is 112 cm³/mol. The molecule has 0 aliphatic heterocycles. The molecule has 0 amide bonds. The van der Waals surface area contributed by atoms with Gasteiger partial charge in [-0.1, -0.05) is 61.7 Å². The summed E-state index contributed by atoms with van der Waals surface area (Å²) in [5.74, 6) is 1.56. The van der Waals surface area contributed by atoms with Crippen LogP contribution in [0.1, 0.15) is 32.1 Å². The van der Waals surface area contributed by atoms with E-state index in [2.05, 4.69) is 11.4 Å². The topological polar surface area (TPSA) is 51.0 Å². The molecule has 0 radical (unpaired) electrons. The molecule has 2 aromatic heterocycles. The lowest BCUT2D eigenvalue weighted by atomic mass is 9.95. The van der Waals surface area contributed by atoms with E-state index in [1.165, 1.54) is 32.1 Å². The number of nitrogens with zero attached hydrogens (tertiary/aromatic N) is 2. The molecule has 0 atom stereocenters. The van der Waals surface area contributed by atoms with E-state index in [0.717, 1.165) is 39.3 Å². The summed E-state index contributed by atoms with van der Waals surface area (Å²) in [6.45, 7) is 0. The van der Waals surface area contributed by atoms with Crippen LogP contribution in [-0.2, 0) is 0 Å². The van der Waals surface area contributed by atoms with Crippen molar-refractivity contribution in [3.8, 4) is 11.4 Å². The van der Waals surface area contributed by atoms with Crippen molar-refractivity contribution in [3.05, 3.63) is 54.6 Å². The fraction of sp³-hybridized carbons (Fsp3) is 0.273. The molecule has 1 N–H and O–H groups in total. The van der Waals surface area contributed by atoms with Crippen LogP contribution in [0.15, 0.2) is 59.0 Å². The van der Waals surface area contributed by atoms with Crippen molar-refractivity contribution in [1.29, 1.82) is 0 Å². The van der Waals surface area contributed by atoms with Crippen LogP contribution >= 0.6 is 12.4 Å². The molecule has 4 aromatic rings. The molecule has 1 aliphatic carbocycles. The van der Waals surface area contributed by atoms with E-state index in [1.807, 2.05) is 48.5 Å². The third-order valence-electron chi connectivity index (χ3n) is 5.20. The zero-order valence-corrected chi connectivity index (χ0v) is 15.8. The first kappa shape index (κ1) is 17.8. The summed E-state index contributed by atoms with van der Waals surface area (Å²) >= 11 is 0. The summed E-state index contributed by atoms with van der Waals surface area (Å²) in [7, 11) is 0. The van der Waals surface area contributed by atoms with Crippen LogP contribution < -0.4 is 5.32 Å². The Kier molecular flexibility index (Phi) is 4.99. The maximum absolute atomic E-state index is 6.13. The van der Waals surface area contributed by atoms with Crippen LogP contribution in [0.4, 0.5) is 5.82 Å². The number of anilines is 1. The highest BCUT2D eigenvalue weighted by Gasteiger charge is 2.20. The van der Waals surface area contributed by atoms with Gasteiger partial charge in [0.1, 0.15) is 11.1 Å². The SMILES string of the molecule is Cl.c1ccc(-c2nc(NC3CCCCC3)c3oc4ccccc4c3n2)cc1. The molecule has 5 heteroatoms. The van der Waals surface area contributed by atoms with Crippen molar-refractivity contribution in [3.63, 3.8) is 0 Å². The third-order valence-corrected chi connectivity index (χ3v) is 5.20. The van der Waals surface area contributed by atoms with Gasteiger partial charge in [0.25, 0.3) is 0 Å². The van der Waals surface area contributed by atoms with Gasteiger partial charge in [0.2, 0.25) is 0 Å². The van der Waals surface area contributed by atoms with E-state index in [-0.39, 0.29) is 12.4 Å². The van der Waals surface area contributed by atoms with E-state index >= 15 is 0 Å². The Labute approximate surface area is 164 Å². The largest absolute Gasteiger partial charge is 0.450 e. The first-order valence-corrected chi connectivity index (χ1v) is 9.40. The van der Waals surface area contributed by atoms with Crippen LogP contribution in [0.3, 0.4) is 0 Å². The van der Waals surface area contributed by atoms with Crippen LogP contribution in [0, 0.1) is 0 Å². The Balaban J connectivity index is 0.00000180. The summed E-state index contributed by atoms with van der Waals surface area (Å²) in [6, 6.07) is 18.7. The van der Waals surface area contributed by atoms with Gasteiger partial charge in [0.05, 0.1) is 0 Å². The second-order valence-corrected chi connectivity index (χ2v) is 7.02. The van der Waals surface area contributed by atoms with Crippen LogP contribution in [-0.4, -0.2) is 16.0 Å². The molecule has 0 saturated heterocycles. The molecule has 1 aliphatic rings. The number of para-hydroxylation sites is 1. The van der Waals surface area contributed by atoms with Gasteiger partial charge in [0, 0.05) is 17.0 Å². The first-order chi connectivity index (χ1) is 12.9. The van der Waals surface area contributed by atoms with Crippen molar-refractivity contribution < 1.29 is 4.42 Å². The quantitative estimate of drug-likeness (QED) is 0.459. The second kappa shape index (κ2) is 7.57. The zero-order valence-electron chi connectivity index (χ0n) is 15.0. The molecule has 2 aromatic carbocycles. The molecule has 27 heavy (non-hydrogen) atoms. The summed E-state index contributed by atoms with van der Waals surface area (Å²) in [5, 5.41) is 4.69. The fourth-order valence-corrected chi connectivity index (χ4v) is 3.85. The molecule has 1 fully saturated rings. The monoisotopic (exact) mass is 379 g/mol. The number of benzene rings is 2. The van der Waals surface area contributed by atoms with Crippen molar-refractivity contribution in [1.82, 2.24) is 9.97 Å². The zero-order chi connectivity index (χ0) is 17.3. The number of halogens is 1. The average Bonchev–Trinajstić information content (AvgIpc) is 3.09. The van der Waals surface area contributed by atoms with Gasteiger partial charge in [-0.25, -0.2) is 9.97 Å². The molecule has 0 spiro atoms. The summed E-state index contributed by atoms with van der Waals surface area (Å²) in [6.07, 6.45) is 6.26. The minimum absolute atomic E-state index is 0. The minimum Gasteiger partial charge on any atom is -0.450 e. The number of hydrogen-bond acceptors (Lipinski definition) is 4. The van der Waals surface area contributed by atoms with E-state index in [1.54, 1.807) is 0 Å². The summed E-state index contributed by atoms with van der Waals surface area (Å²) < 4.78 is 6.13. The average molecular weight is 380 g/mol. The fourth-order valence-electron chi connectivity index (χ4n) is 3.85. The lowest BCUT2D eigenvalue weighted by Gasteiger charge is -2.23. The van der Waals surface area contributed by atoms with Crippen LogP contribution in [0.2, 0.25) is 0 Å². The molecule has 1 saturated carbocycles. The predicted octanol–water partition coefficient (Wildman–Crippen LogP) is 6.21. The van der Waals surface area contributed by atoms with Gasteiger partial charge < -0.3 is 9.73 Å². The summed E-state index contributed by atoms with van der Waals surface area (Å²) in [4.78, 5) is 9.69. The number of hydrogen-bond donors (Lipinski definition) is 1. The molecule has 4 nitrogen and oxygen atoms in total. The van der Waals surface area contributed by atoms with Crippen LogP contribution in [0.5, 0.6) is 0 Å². The number of furan rings is 1. The summed E-state index contributed by atoms with van der Waals surface area (Å²) in [5.41, 5.74) is 3.52. The Morgan fingerprint density at radius 2 is 1.59 bits per heavy atom. The van der Waals surface area contributed by atoms with E-state index in [9.17, 15) is 0 Å². The number of nitrogens with one attached hydrogen (secondary N) is 1. The number of rotatable bonds is 3. The maximum atomic E-state index is 6.13. The Morgan fingerprint density at radius 1 is 0.852 bits per heavy atom. The Hall–Kier alpha value is -2.59. The standard InChI is InChI=1S/C22H21N3O.ClH/c1-3-9-15(10-4-1)21-24-19-17-13-7-8-14-18(17)26-20(19)22(25-21)23-16-11-5-2-6-12-16;/h1,3-4,7-10,13-14,16H,2,5-6,11-12H2,(H,23,24,25);1H. The van der Waals surface area contributed by atoms with E-state index in [4.69, 9.17) is 14.4 Å². The van der Waals surface area contributed by atoms with Gasteiger partial charge in [-0.2, -0.15) is 0 Å². The lowest BCUT2D eigenvalue weighted by molar-refractivity contribution is 0.461. The lowest BCUT2D eigenvalue weighted by Crippen LogP contribution is -2.23. The second-order valence-electron chi connectivity index (χ2n) is 7.02. The van der Waals surface area contributed by atoms with Gasteiger partial charge >= 0.3 is 0 Å². The molecule has 138 valence electrons. The van der Waals surface area contributed by atoms with Gasteiger partial charge in [-0.3, -0.25) is 0 Å². The number of aromatic nitrogens is 2.